The van der Waals surface area contributed by atoms with Crippen LogP contribution < -0.4 is 5.84 Å². The predicted molar refractivity (Wildman–Crippen MR) is 62.4 cm³/mol. The Bertz CT molecular complexity index is 670. The van der Waals surface area contributed by atoms with Gasteiger partial charge in [-0.05, 0) is 12.1 Å². The van der Waals surface area contributed by atoms with Gasteiger partial charge in [-0.25, -0.2) is 9.66 Å². The van der Waals surface area contributed by atoms with Crippen LogP contribution in [0.1, 0.15) is 12.7 Å². The van der Waals surface area contributed by atoms with Gasteiger partial charge in [0.15, 0.2) is 0 Å². The van der Waals surface area contributed by atoms with Crippen LogP contribution in [0.4, 0.5) is 0 Å². The lowest BCUT2D eigenvalue weighted by molar-refractivity contribution is 0.878. The fourth-order valence-electron chi connectivity index (χ4n) is 1.89. The molecule has 0 fully saturated rings. The minimum atomic E-state index is 0.791. The largest absolute Gasteiger partial charge is 0.337 e. The summed E-state index contributed by atoms with van der Waals surface area (Å²) in [4.78, 5) is 13.0. The monoisotopic (exact) mass is 213 g/mol. The molecule has 0 spiro atoms. The number of nitrogen functional groups attached to an aromatic ring is 1. The van der Waals surface area contributed by atoms with Crippen LogP contribution in [0, 0.1) is 0 Å². The molecule has 0 aliphatic heterocycles. The average Bonchev–Trinajstić information content (AvgIpc) is 2.66. The van der Waals surface area contributed by atoms with Crippen LogP contribution in [0.2, 0.25) is 0 Å². The zero-order chi connectivity index (χ0) is 11.1. The Morgan fingerprint density at radius 3 is 3.00 bits per heavy atom. The zero-order valence-electron chi connectivity index (χ0n) is 8.88. The van der Waals surface area contributed by atoms with Crippen molar-refractivity contribution in [3.8, 4) is 0 Å². The highest BCUT2D eigenvalue weighted by atomic mass is 15.3. The Balaban J connectivity index is 2.54. The van der Waals surface area contributed by atoms with E-state index in [-0.39, 0.29) is 0 Å². The average molecular weight is 213 g/mol. The lowest BCUT2D eigenvalue weighted by Crippen LogP contribution is -2.12. The molecule has 0 aliphatic carbocycles. The molecule has 0 bridgehead atoms. The molecule has 3 aromatic heterocycles. The van der Waals surface area contributed by atoms with Crippen molar-refractivity contribution in [2.75, 3.05) is 5.84 Å². The first-order valence-corrected chi connectivity index (χ1v) is 5.17. The molecule has 0 radical (unpaired) electrons. The summed E-state index contributed by atoms with van der Waals surface area (Å²) in [5, 5.41) is 0. The van der Waals surface area contributed by atoms with Gasteiger partial charge < -0.3 is 5.84 Å². The third kappa shape index (κ3) is 1.08. The Hall–Kier alpha value is -2.17. The van der Waals surface area contributed by atoms with Crippen molar-refractivity contribution in [1.29, 1.82) is 0 Å². The topological polar surface area (TPSA) is 69.6 Å². The zero-order valence-corrected chi connectivity index (χ0v) is 8.88. The van der Waals surface area contributed by atoms with E-state index in [2.05, 4.69) is 15.0 Å². The number of aryl methyl sites for hydroxylation is 1. The number of rotatable bonds is 1. The molecule has 5 nitrogen and oxygen atoms in total. The molecule has 3 heterocycles. The van der Waals surface area contributed by atoms with Crippen molar-refractivity contribution >= 4 is 22.1 Å². The van der Waals surface area contributed by atoms with Crippen molar-refractivity contribution in [2.24, 2.45) is 0 Å². The first-order valence-electron chi connectivity index (χ1n) is 5.17. The van der Waals surface area contributed by atoms with Crippen LogP contribution in [0.15, 0.2) is 24.5 Å². The number of hydrogen-bond acceptors (Lipinski definition) is 4. The molecule has 0 atom stereocenters. The summed E-state index contributed by atoms with van der Waals surface area (Å²) in [5.74, 6) is 6.84. The van der Waals surface area contributed by atoms with E-state index < -0.39 is 0 Å². The van der Waals surface area contributed by atoms with E-state index in [9.17, 15) is 0 Å². The maximum absolute atomic E-state index is 6.00. The molecule has 16 heavy (non-hydrogen) atoms. The molecular formula is C11H11N5. The minimum absolute atomic E-state index is 0.791. The number of nitrogens with zero attached hydrogens (tertiary/aromatic N) is 4. The second-order valence-corrected chi connectivity index (χ2v) is 3.61. The number of fused-ring (bicyclic) bond motifs is 3. The molecular weight excluding hydrogens is 202 g/mol. The maximum atomic E-state index is 6.00. The van der Waals surface area contributed by atoms with E-state index in [1.807, 2.05) is 19.1 Å². The SMILES string of the molecule is CCc1nc2cnc3cccnc3c2n1N. The lowest BCUT2D eigenvalue weighted by atomic mass is 10.3. The molecule has 80 valence electrons. The Morgan fingerprint density at radius 1 is 1.31 bits per heavy atom. The van der Waals surface area contributed by atoms with E-state index >= 15 is 0 Å². The fraction of sp³-hybridized carbons (Fsp3) is 0.182. The predicted octanol–water partition coefficient (Wildman–Crippen LogP) is 1.26. The molecule has 5 heteroatoms. The van der Waals surface area contributed by atoms with Crippen molar-refractivity contribution < 1.29 is 0 Å². The summed E-state index contributed by atoms with van der Waals surface area (Å²) in [6.45, 7) is 2.02. The van der Waals surface area contributed by atoms with Crippen LogP contribution in [0.5, 0.6) is 0 Å². The third-order valence-corrected chi connectivity index (χ3v) is 2.66. The van der Waals surface area contributed by atoms with Crippen LogP contribution in [-0.4, -0.2) is 19.6 Å². The smallest absolute Gasteiger partial charge is 0.128 e. The molecule has 0 unspecified atom stereocenters. The standard InChI is InChI=1S/C11H11N5/c1-2-9-15-8-6-14-7-4-3-5-13-10(7)11(8)16(9)12/h3-6H,2,12H2,1H3. The second-order valence-electron chi connectivity index (χ2n) is 3.61. The summed E-state index contributed by atoms with van der Waals surface area (Å²) in [5.41, 5.74) is 3.28. The maximum Gasteiger partial charge on any atom is 0.128 e. The Morgan fingerprint density at radius 2 is 2.19 bits per heavy atom. The molecule has 0 aromatic carbocycles. The number of hydrogen-bond donors (Lipinski definition) is 1. The number of nitrogens with two attached hydrogens (primary N) is 1. The molecule has 0 amide bonds. The van der Waals surface area contributed by atoms with Crippen molar-refractivity contribution in [1.82, 2.24) is 19.6 Å². The van der Waals surface area contributed by atoms with Gasteiger partial charge in [0.2, 0.25) is 0 Å². The summed E-state index contributed by atoms with van der Waals surface area (Å²) >= 11 is 0. The summed E-state index contributed by atoms with van der Waals surface area (Å²) in [6, 6.07) is 3.78. The molecule has 2 N–H and O–H groups in total. The van der Waals surface area contributed by atoms with Gasteiger partial charge >= 0.3 is 0 Å². The molecule has 0 aliphatic rings. The highest BCUT2D eigenvalue weighted by Crippen LogP contribution is 2.20. The van der Waals surface area contributed by atoms with E-state index in [0.29, 0.717) is 0 Å². The Kier molecular flexibility index (Phi) is 1.80. The first kappa shape index (κ1) is 9.08. The summed E-state index contributed by atoms with van der Waals surface area (Å²) in [7, 11) is 0. The van der Waals surface area contributed by atoms with Gasteiger partial charge in [-0.3, -0.25) is 9.97 Å². The molecule has 3 rings (SSSR count). The van der Waals surface area contributed by atoms with Gasteiger partial charge in [-0.2, -0.15) is 0 Å². The minimum Gasteiger partial charge on any atom is -0.337 e. The van der Waals surface area contributed by atoms with Gasteiger partial charge in [0, 0.05) is 12.6 Å². The first-order chi connectivity index (χ1) is 7.81. The van der Waals surface area contributed by atoms with Crippen LogP contribution >= 0.6 is 0 Å². The van der Waals surface area contributed by atoms with Crippen molar-refractivity contribution in [3.63, 3.8) is 0 Å². The van der Waals surface area contributed by atoms with Crippen LogP contribution in [0.25, 0.3) is 22.1 Å². The van der Waals surface area contributed by atoms with Crippen LogP contribution in [0.3, 0.4) is 0 Å². The second kappa shape index (κ2) is 3.16. The summed E-state index contributed by atoms with van der Waals surface area (Å²) in [6.07, 6.45) is 4.27. The van der Waals surface area contributed by atoms with E-state index in [1.165, 1.54) is 0 Å². The quantitative estimate of drug-likeness (QED) is 0.618. The van der Waals surface area contributed by atoms with Gasteiger partial charge in [0.05, 0.1) is 11.7 Å². The van der Waals surface area contributed by atoms with Gasteiger partial charge in [-0.1, -0.05) is 6.92 Å². The Labute approximate surface area is 91.9 Å². The van der Waals surface area contributed by atoms with Gasteiger partial charge in [0.25, 0.3) is 0 Å². The fourth-order valence-corrected chi connectivity index (χ4v) is 1.89. The van der Waals surface area contributed by atoms with Crippen molar-refractivity contribution in [2.45, 2.75) is 13.3 Å². The van der Waals surface area contributed by atoms with Crippen molar-refractivity contribution in [3.05, 3.63) is 30.4 Å². The van der Waals surface area contributed by atoms with E-state index in [0.717, 1.165) is 34.3 Å². The molecule has 0 saturated heterocycles. The van der Waals surface area contributed by atoms with E-state index in [1.54, 1.807) is 17.1 Å². The molecule has 0 saturated carbocycles. The van der Waals surface area contributed by atoms with Crippen LogP contribution in [-0.2, 0) is 6.42 Å². The third-order valence-electron chi connectivity index (χ3n) is 2.66. The number of imidazole rings is 1. The van der Waals surface area contributed by atoms with E-state index in [4.69, 9.17) is 5.84 Å². The number of pyridine rings is 2. The lowest BCUT2D eigenvalue weighted by Gasteiger charge is -2.01. The molecule has 3 aromatic rings. The summed E-state index contributed by atoms with van der Waals surface area (Å²) < 4.78 is 1.60. The van der Waals surface area contributed by atoms with Gasteiger partial charge in [-0.15, -0.1) is 0 Å². The normalized spacial score (nSPS) is 11.3. The number of aromatic nitrogens is 4. The highest BCUT2D eigenvalue weighted by molar-refractivity contribution is 5.99. The highest BCUT2D eigenvalue weighted by Gasteiger charge is 2.11. The van der Waals surface area contributed by atoms with Gasteiger partial charge in [0.1, 0.15) is 22.4 Å².